The molecule has 3 rings (SSSR count). The Morgan fingerprint density at radius 1 is 1.29 bits per heavy atom. The van der Waals surface area contributed by atoms with Gasteiger partial charge in [0.05, 0.1) is 6.20 Å². The van der Waals surface area contributed by atoms with Crippen LogP contribution in [0.25, 0.3) is 11.1 Å². The average molecular weight is 327 g/mol. The molecular weight excluding hydrogens is 311 g/mol. The number of rotatable bonds is 4. The third-order valence-electron chi connectivity index (χ3n) is 3.30. The van der Waals surface area contributed by atoms with Crippen molar-refractivity contribution < 1.29 is 4.74 Å². The smallest absolute Gasteiger partial charge is 0.138 e. The molecule has 21 heavy (non-hydrogen) atoms. The van der Waals surface area contributed by atoms with Gasteiger partial charge in [-0.2, -0.15) is 0 Å². The monoisotopic (exact) mass is 326 g/mol. The van der Waals surface area contributed by atoms with Crippen molar-refractivity contribution in [1.29, 1.82) is 0 Å². The van der Waals surface area contributed by atoms with E-state index in [0.717, 1.165) is 24.1 Å². The number of hydrogen-bond acceptors (Lipinski definition) is 5. The third-order valence-corrected chi connectivity index (χ3v) is 3.60. The van der Waals surface area contributed by atoms with Crippen LogP contribution in [0.3, 0.4) is 0 Å². The molecule has 0 aromatic carbocycles. The second kappa shape index (κ2) is 7.54. The van der Waals surface area contributed by atoms with Gasteiger partial charge in [-0.25, -0.2) is 15.0 Å². The second-order valence-electron chi connectivity index (χ2n) is 4.74. The number of halogens is 2. The van der Waals surface area contributed by atoms with Crippen LogP contribution in [-0.4, -0.2) is 34.1 Å². The predicted molar refractivity (Wildman–Crippen MR) is 84.0 cm³/mol. The topological polar surface area (TPSA) is 59.9 Å². The molecule has 2 aromatic rings. The standard InChI is InChI=1S/C14H15ClN4O.ClH/c15-14-13(10-5-16-9-17-6-10)4-12(7-19-14)20-8-11-2-1-3-18-11;/h4-7,9,11,18H,1-3,8H2;1H/t11-;/m1./s1. The SMILES string of the molecule is Cl.Clc1ncc(OC[C@H]2CCCN2)cc1-c1cncnc1. The molecule has 1 aliphatic rings. The molecule has 3 heterocycles. The summed E-state index contributed by atoms with van der Waals surface area (Å²) in [4.78, 5) is 12.2. The predicted octanol–water partition coefficient (Wildman–Crippen LogP) is 2.74. The van der Waals surface area contributed by atoms with Crippen LogP contribution >= 0.6 is 24.0 Å². The lowest BCUT2D eigenvalue weighted by Gasteiger charge is -2.13. The van der Waals surface area contributed by atoms with E-state index in [2.05, 4.69) is 20.3 Å². The molecule has 0 unspecified atom stereocenters. The molecule has 1 atom stereocenters. The summed E-state index contributed by atoms with van der Waals surface area (Å²) in [6, 6.07) is 2.30. The Morgan fingerprint density at radius 2 is 2.10 bits per heavy atom. The van der Waals surface area contributed by atoms with Crippen molar-refractivity contribution in [2.24, 2.45) is 0 Å². The van der Waals surface area contributed by atoms with Gasteiger partial charge in [0.25, 0.3) is 0 Å². The number of ether oxygens (including phenoxy) is 1. The van der Waals surface area contributed by atoms with Gasteiger partial charge >= 0.3 is 0 Å². The summed E-state index contributed by atoms with van der Waals surface area (Å²) in [5, 5.41) is 3.82. The van der Waals surface area contributed by atoms with Gasteiger partial charge in [0, 0.05) is 29.6 Å². The zero-order valence-corrected chi connectivity index (χ0v) is 12.9. The summed E-state index contributed by atoms with van der Waals surface area (Å²) in [6.07, 6.45) is 8.90. The molecule has 5 nitrogen and oxygen atoms in total. The Balaban J connectivity index is 0.00000161. The van der Waals surface area contributed by atoms with Crippen molar-refractivity contribution >= 4 is 24.0 Å². The maximum Gasteiger partial charge on any atom is 0.138 e. The molecule has 1 fully saturated rings. The average Bonchev–Trinajstić information content (AvgIpc) is 3.01. The highest BCUT2D eigenvalue weighted by Gasteiger charge is 2.15. The summed E-state index contributed by atoms with van der Waals surface area (Å²) in [6.45, 7) is 1.72. The van der Waals surface area contributed by atoms with Crippen molar-refractivity contribution in [1.82, 2.24) is 20.3 Å². The van der Waals surface area contributed by atoms with Gasteiger partial charge in [-0.05, 0) is 25.5 Å². The normalized spacial score (nSPS) is 17.3. The number of nitrogens with one attached hydrogen (secondary N) is 1. The molecule has 1 N–H and O–H groups in total. The first-order valence-electron chi connectivity index (χ1n) is 6.60. The highest BCUT2D eigenvalue weighted by atomic mass is 35.5. The lowest BCUT2D eigenvalue weighted by atomic mass is 10.1. The first kappa shape index (κ1) is 15.9. The van der Waals surface area contributed by atoms with Gasteiger partial charge in [0.15, 0.2) is 0 Å². The highest BCUT2D eigenvalue weighted by Crippen LogP contribution is 2.28. The molecule has 7 heteroatoms. The molecule has 1 saturated heterocycles. The lowest BCUT2D eigenvalue weighted by Crippen LogP contribution is -2.28. The van der Waals surface area contributed by atoms with Crippen molar-refractivity contribution in [3.63, 3.8) is 0 Å². The minimum absolute atomic E-state index is 0. The van der Waals surface area contributed by atoms with E-state index in [1.165, 1.54) is 12.7 Å². The molecule has 0 aliphatic carbocycles. The maximum atomic E-state index is 6.12. The fourth-order valence-electron chi connectivity index (χ4n) is 2.24. The Hall–Kier alpha value is -1.43. The van der Waals surface area contributed by atoms with Crippen molar-refractivity contribution in [2.45, 2.75) is 18.9 Å². The van der Waals surface area contributed by atoms with E-state index in [4.69, 9.17) is 16.3 Å². The lowest BCUT2D eigenvalue weighted by molar-refractivity contribution is 0.276. The highest BCUT2D eigenvalue weighted by molar-refractivity contribution is 6.32. The fraction of sp³-hybridized carbons (Fsp3) is 0.357. The number of aromatic nitrogens is 3. The van der Waals surface area contributed by atoms with E-state index in [1.807, 2.05) is 6.07 Å². The third kappa shape index (κ3) is 4.03. The van der Waals surface area contributed by atoms with Crippen molar-refractivity contribution in [2.75, 3.05) is 13.2 Å². The molecule has 2 aromatic heterocycles. The molecule has 0 amide bonds. The van der Waals surface area contributed by atoms with Gasteiger partial charge in [0.1, 0.15) is 23.8 Å². The molecule has 1 aliphatic heterocycles. The minimum Gasteiger partial charge on any atom is -0.490 e. The van der Waals surface area contributed by atoms with Gasteiger partial charge in [0.2, 0.25) is 0 Å². The summed E-state index contributed by atoms with van der Waals surface area (Å²) < 4.78 is 5.78. The molecular formula is C14H16Cl2N4O. The van der Waals surface area contributed by atoms with Crippen LogP contribution in [0, 0.1) is 0 Å². The Kier molecular flexibility index (Phi) is 5.73. The Morgan fingerprint density at radius 3 is 2.81 bits per heavy atom. The Labute approximate surface area is 134 Å². The molecule has 112 valence electrons. The van der Waals surface area contributed by atoms with Crippen LogP contribution in [0.4, 0.5) is 0 Å². The summed E-state index contributed by atoms with van der Waals surface area (Å²) in [5.74, 6) is 0.710. The van der Waals surface area contributed by atoms with Gasteiger partial charge in [-0.15, -0.1) is 12.4 Å². The van der Waals surface area contributed by atoms with Crippen LogP contribution in [-0.2, 0) is 0 Å². The van der Waals surface area contributed by atoms with Crippen LogP contribution in [0.15, 0.2) is 31.0 Å². The molecule has 0 spiro atoms. The zero-order chi connectivity index (χ0) is 13.8. The van der Waals surface area contributed by atoms with E-state index in [0.29, 0.717) is 23.6 Å². The van der Waals surface area contributed by atoms with Gasteiger partial charge in [-0.3, -0.25) is 0 Å². The van der Waals surface area contributed by atoms with Crippen LogP contribution in [0.2, 0.25) is 5.15 Å². The van der Waals surface area contributed by atoms with Crippen LogP contribution in [0.1, 0.15) is 12.8 Å². The number of nitrogens with zero attached hydrogens (tertiary/aromatic N) is 3. The number of hydrogen-bond donors (Lipinski definition) is 1. The van der Waals surface area contributed by atoms with E-state index in [9.17, 15) is 0 Å². The van der Waals surface area contributed by atoms with E-state index >= 15 is 0 Å². The fourth-order valence-corrected chi connectivity index (χ4v) is 2.46. The maximum absolute atomic E-state index is 6.12. The van der Waals surface area contributed by atoms with Crippen molar-refractivity contribution in [3.8, 4) is 16.9 Å². The van der Waals surface area contributed by atoms with Gasteiger partial charge in [-0.1, -0.05) is 11.6 Å². The quantitative estimate of drug-likeness (QED) is 0.875. The van der Waals surface area contributed by atoms with E-state index in [-0.39, 0.29) is 12.4 Å². The van der Waals surface area contributed by atoms with Crippen LogP contribution in [0.5, 0.6) is 5.75 Å². The second-order valence-corrected chi connectivity index (χ2v) is 5.10. The van der Waals surface area contributed by atoms with Crippen molar-refractivity contribution in [3.05, 3.63) is 36.1 Å². The Bertz CT molecular complexity index is 576. The van der Waals surface area contributed by atoms with E-state index < -0.39 is 0 Å². The zero-order valence-electron chi connectivity index (χ0n) is 11.3. The summed E-state index contributed by atoms with van der Waals surface area (Å²) in [5.41, 5.74) is 1.61. The molecule has 0 bridgehead atoms. The van der Waals surface area contributed by atoms with E-state index in [1.54, 1.807) is 18.6 Å². The minimum atomic E-state index is 0. The first-order valence-corrected chi connectivity index (χ1v) is 6.98. The number of pyridine rings is 1. The largest absolute Gasteiger partial charge is 0.490 e. The molecule has 0 radical (unpaired) electrons. The summed E-state index contributed by atoms with van der Waals surface area (Å²) >= 11 is 6.12. The van der Waals surface area contributed by atoms with Crippen LogP contribution < -0.4 is 10.1 Å². The molecule has 0 saturated carbocycles. The van der Waals surface area contributed by atoms with Gasteiger partial charge < -0.3 is 10.1 Å². The summed E-state index contributed by atoms with van der Waals surface area (Å²) in [7, 11) is 0. The first-order chi connectivity index (χ1) is 9.83.